The Bertz CT molecular complexity index is 302. The van der Waals surface area contributed by atoms with E-state index in [2.05, 4.69) is 20.7 Å². The summed E-state index contributed by atoms with van der Waals surface area (Å²) in [4.78, 5) is 0. The zero-order chi connectivity index (χ0) is 10.0. The minimum atomic E-state index is -0.628. The van der Waals surface area contributed by atoms with Crippen LogP contribution in [0.2, 0.25) is 0 Å². The lowest BCUT2D eigenvalue weighted by Crippen LogP contribution is -2.03. The molecular weight excluding hydrogens is 241 g/mol. The fourth-order valence-electron chi connectivity index (χ4n) is 1.01. The third-order valence-corrected chi connectivity index (χ3v) is 2.36. The van der Waals surface area contributed by atoms with E-state index in [0.29, 0.717) is 4.47 Å². The average Bonchev–Trinajstić information content (AvgIpc) is 2.04. The summed E-state index contributed by atoms with van der Waals surface area (Å²) in [5, 5.41) is 9.26. The molecule has 0 unspecified atom stereocenters. The summed E-state index contributed by atoms with van der Waals surface area (Å²) in [5.74, 6) is -1.05. The van der Waals surface area contributed by atoms with Crippen molar-refractivity contribution in [3.05, 3.63) is 21.9 Å². The number of rotatable bonds is 2. The molecule has 0 heterocycles. The standard InChI is InChI=1S/C8H9BrFNO2/c1-13-8-6(12)2-5(9)4(3-11)7(8)10/h2,12H,3,11H2,1H3. The van der Waals surface area contributed by atoms with Gasteiger partial charge in [-0.3, -0.25) is 0 Å². The van der Waals surface area contributed by atoms with Crippen LogP contribution in [0.1, 0.15) is 5.56 Å². The van der Waals surface area contributed by atoms with E-state index < -0.39 is 5.82 Å². The molecule has 0 spiro atoms. The van der Waals surface area contributed by atoms with Gasteiger partial charge in [-0.2, -0.15) is 0 Å². The molecule has 13 heavy (non-hydrogen) atoms. The van der Waals surface area contributed by atoms with Crippen molar-refractivity contribution < 1.29 is 14.2 Å². The van der Waals surface area contributed by atoms with E-state index in [-0.39, 0.29) is 23.6 Å². The topological polar surface area (TPSA) is 55.5 Å². The van der Waals surface area contributed by atoms with E-state index in [4.69, 9.17) is 5.73 Å². The lowest BCUT2D eigenvalue weighted by Gasteiger charge is -2.09. The van der Waals surface area contributed by atoms with Crippen molar-refractivity contribution in [1.29, 1.82) is 0 Å². The van der Waals surface area contributed by atoms with Crippen LogP contribution in [0, 0.1) is 5.82 Å². The number of hydrogen-bond acceptors (Lipinski definition) is 3. The quantitative estimate of drug-likeness (QED) is 0.840. The molecule has 1 rings (SSSR count). The molecule has 0 aliphatic rings. The smallest absolute Gasteiger partial charge is 0.196 e. The summed E-state index contributed by atoms with van der Waals surface area (Å²) in [6.45, 7) is 0.0447. The summed E-state index contributed by atoms with van der Waals surface area (Å²) in [7, 11) is 1.28. The monoisotopic (exact) mass is 249 g/mol. The third-order valence-electron chi connectivity index (χ3n) is 1.66. The van der Waals surface area contributed by atoms with E-state index in [1.807, 2.05) is 0 Å². The first-order valence-electron chi connectivity index (χ1n) is 3.55. The molecule has 1 aromatic carbocycles. The van der Waals surface area contributed by atoms with E-state index >= 15 is 0 Å². The minimum absolute atomic E-state index is 0.0447. The predicted octanol–water partition coefficient (Wildman–Crippen LogP) is 1.76. The average molecular weight is 250 g/mol. The van der Waals surface area contributed by atoms with Crippen molar-refractivity contribution in [1.82, 2.24) is 0 Å². The van der Waals surface area contributed by atoms with Crippen LogP contribution in [0.4, 0.5) is 4.39 Å². The van der Waals surface area contributed by atoms with Crippen LogP contribution in [0.3, 0.4) is 0 Å². The highest BCUT2D eigenvalue weighted by Gasteiger charge is 2.16. The number of phenolic OH excluding ortho intramolecular Hbond substituents is 1. The van der Waals surface area contributed by atoms with Crippen molar-refractivity contribution >= 4 is 15.9 Å². The maximum Gasteiger partial charge on any atom is 0.196 e. The number of ether oxygens (including phenoxy) is 1. The Morgan fingerprint density at radius 2 is 2.31 bits per heavy atom. The van der Waals surface area contributed by atoms with Crippen LogP contribution in [0.15, 0.2) is 10.5 Å². The van der Waals surface area contributed by atoms with Crippen LogP contribution < -0.4 is 10.5 Å². The first-order chi connectivity index (χ1) is 6.11. The van der Waals surface area contributed by atoms with Crippen molar-refractivity contribution in [2.75, 3.05) is 7.11 Å². The fourth-order valence-corrected chi connectivity index (χ4v) is 1.56. The lowest BCUT2D eigenvalue weighted by atomic mass is 10.2. The molecule has 0 saturated heterocycles. The molecule has 0 atom stereocenters. The minimum Gasteiger partial charge on any atom is -0.504 e. The van der Waals surface area contributed by atoms with Gasteiger partial charge in [-0.1, -0.05) is 15.9 Å². The molecule has 0 fully saturated rings. The fraction of sp³-hybridized carbons (Fsp3) is 0.250. The molecule has 3 N–H and O–H groups in total. The Balaban J connectivity index is 3.39. The summed E-state index contributed by atoms with van der Waals surface area (Å²) >= 11 is 3.09. The third kappa shape index (κ3) is 1.76. The molecule has 0 radical (unpaired) electrons. The second-order valence-corrected chi connectivity index (χ2v) is 3.26. The van der Waals surface area contributed by atoms with Crippen LogP contribution in [0.5, 0.6) is 11.5 Å². The lowest BCUT2D eigenvalue weighted by molar-refractivity contribution is 0.349. The van der Waals surface area contributed by atoms with Gasteiger partial charge in [0.2, 0.25) is 0 Å². The van der Waals surface area contributed by atoms with Gasteiger partial charge < -0.3 is 15.6 Å². The van der Waals surface area contributed by atoms with Crippen molar-refractivity contribution in [2.24, 2.45) is 5.73 Å². The molecule has 0 saturated carbocycles. The van der Waals surface area contributed by atoms with E-state index in [1.54, 1.807) is 0 Å². The van der Waals surface area contributed by atoms with Crippen LogP contribution in [-0.4, -0.2) is 12.2 Å². The zero-order valence-electron chi connectivity index (χ0n) is 6.97. The van der Waals surface area contributed by atoms with Gasteiger partial charge in [0.25, 0.3) is 0 Å². The molecule has 0 aliphatic carbocycles. The summed E-state index contributed by atoms with van der Waals surface area (Å²) in [6, 6.07) is 1.35. The first-order valence-corrected chi connectivity index (χ1v) is 4.35. The van der Waals surface area contributed by atoms with Gasteiger partial charge in [-0.15, -0.1) is 0 Å². The zero-order valence-corrected chi connectivity index (χ0v) is 8.56. The Morgan fingerprint density at radius 3 is 2.77 bits per heavy atom. The number of methoxy groups -OCH3 is 1. The highest BCUT2D eigenvalue weighted by molar-refractivity contribution is 9.10. The maximum atomic E-state index is 13.4. The van der Waals surface area contributed by atoms with Crippen molar-refractivity contribution in [3.8, 4) is 11.5 Å². The largest absolute Gasteiger partial charge is 0.504 e. The Kier molecular flexibility index (Phi) is 3.11. The highest BCUT2D eigenvalue weighted by atomic mass is 79.9. The summed E-state index contributed by atoms with van der Waals surface area (Å²) in [6.07, 6.45) is 0. The van der Waals surface area contributed by atoms with Crippen molar-refractivity contribution in [3.63, 3.8) is 0 Å². The SMILES string of the molecule is COc1c(O)cc(Br)c(CN)c1F. The number of nitrogens with two attached hydrogens (primary N) is 1. The van der Waals surface area contributed by atoms with Gasteiger partial charge in [0, 0.05) is 16.6 Å². The van der Waals surface area contributed by atoms with Gasteiger partial charge in [0.15, 0.2) is 17.3 Å². The molecule has 0 aliphatic heterocycles. The molecule has 0 aromatic heterocycles. The Morgan fingerprint density at radius 1 is 1.69 bits per heavy atom. The Labute approximate surface area is 83.4 Å². The molecule has 5 heteroatoms. The number of aromatic hydroxyl groups is 1. The van der Waals surface area contributed by atoms with Crippen LogP contribution >= 0.6 is 15.9 Å². The van der Waals surface area contributed by atoms with Gasteiger partial charge in [0.05, 0.1) is 7.11 Å². The van der Waals surface area contributed by atoms with Gasteiger partial charge in [0.1, 0.15) is 0 Å². The highest BCUT2D eigenvalue weighted by Crippen LogP contribution is 2.35. The predicted molar refractivity (Wildman–Crippen MR) is 50.2 cm³/mol. The number of benzene rings is 1. The number of halogens is 2. The summed E-state index contributed by atoms with van der Waals surface area (Å²) in [5.41, 5.74) is 5.60. The first kappa shape index (κ1) is 10.3. The van der Waals surface area contributed by atoms with Gasteiger partial charge in [-0.25, -0.2) is 4.39 Å². The normalized spacial score (nSPS) is 10.2. The molecular formula is C8H9BrFNO2. The molecule has 3 nitrogen and oxygen atoms in total. The molecule has 1 aromatic rings. The van der Waals surface area contributed by atoms with Crippen LogP contribution in [-0.2, 0) is 6.54 Å². The molecule has 72 valence electrons. The maximum absolute atomic E-state index is 13.4. The van der Waals surface area contributed by atoms with Gasteiger partial charge >= 0.3 is 0 Å². The number of phenols is 1. The molecule has 0 bridgehead atoms. The molecule has 0 amide bonds. The second kappa shape index (κ2) is 3.93. The Hall–Kier alpha value is -0.810. The van der Waals surface area contributed by atoms with E-state index in [0.717, 1.165) is 0 Å². The van der Waals surface area contributed by atoms with E-state index in [1.165, 1.54) is 13.2 Å². The number of hydrogen-bond donors (Lipinski definition) is 2. The second-order valence-electron chi connectivity index (χ2n) is 2.41. The van der Waals surface area contributed by atoms with Crippen molar-refractivity contribution in [2.45, 2.75) is 6.54 Å². The van der Waals surface area contributed by atoms with Crippen LogP contribution in [0.25, 0.3) is 0 Å². The van der Waals surface area contributed by atoms with Gasteiger partial charge in [-0.05, 0) is 6.07 Å². The van der Waals surface area contributed by atoms with E-state index in [9.17, 15) is 9.50 Å². The summed E-state index contributed by atoms with van der Waals surface area (Å²) < 4.78 is 18.5.